The largest absolute Gasteiger partial charge is 0.353 e. The van der Waals surface area contributed by atoms with E-state index in [2.05, 4.69) is 29.8 Å². The number of ketones is 1. The maximum Gasteiger partial charge on any atom is 0.224 e. The van der Waals surface area contributed by atoms with Crippen molar-refractivity contribution in [1.29, 1.82) is 0 Å². The van der Waals surface area contributed by atoms with Gasteiger partial charge in [-0.3, -0.25) is 14.4 Å². The maximum absolute atomic E-state index is 12.4. The number of rotatable bonds is 5. The molecule has 0 bridgehead atoms. The number of hydrogen-bond acceptors (Lipinski definition) is 4. The Kier molecular flexibility index (Phi) is 5.71. The van der Waals surface area contributed by atoms with Crippen LogP contribution in [0.15, 0.2) is 18.2 Å². The molecule has 1 aromatic rings. The van der Waals surface area contributed by atoms with Crippen LogP contribution in [0.1, 0.15) is 61.9 Å². The Morgan fingerprint density at radius 3 is 2.58 bits per heavy atom. The fourth-order valence-corrected chi connectivity index (χ4v) is 3.92. The van der Waals surface area contributed by atoms with Crippen molar-refractivity contribution in [2.24, 2.45) is 0 Å². The van der Waals surface area contributed by atoms with Gasteiger partial charge < -0.3 is 16.0 Å². The Labute approximate surface area is 154 Å². The molecule has 2 aliphatic heterocycles. The molecule has 2 aliphatic rings. The molecule has 0 aliphatic carbocycles. The molecule has 140 valence electrons. The van der Waals surface area contributed by atoms with Crippen LogP contribution in [0.25, 0.3) is 0 Å². The summed E-state index contributed by atoms with van der Waals surface area (Å²) in [6.07, 6.45) is 3.34. The number of fused-ring (bicyclic) bond motifs is 1. The monoisotopic (exact) mass is 357 g/mol. The van der Waals surface area contributed by atoms with E-state index in [1.165, 1.54) is 0 Å². The summed E-state index contributed by atoms with van der Waals surface area (Å²) < 4.78 is 0. The van der Waals surface area contributed by atoms with E-state index in [-0.39, 0.29) is 36.5 Å². The summed E-state index contributed by atoms with van der Waals surface area (Å²) in [6, 6.07) is 6.29. The summed E-state index contributed by atoms with van der Waals surface area (Å²) in [5.41, 5.74) is 2.37. The molecule has 6 heteroatoms. The molecule has 2 amide bonds. The Morgan fingerprint density at radius 2 is 1.85 bits per heavy atom. The van der Waals surface area contributed by atoms with Crippen LogP contribution >= 0.6 is 0 Å². The van der Waals surface area contributed by atoms with Crippen LogP contribution < -0.4 is 16.0 Å². The molecule has 2 atom stereocenters. The zero-order chi connectivity index (χ0) is 18.7. The van der Waals surface area contributed by atoms with Gasteiger partial charge in [0, 0.05) is 48.6 Å². The molecule has 6 nitrogen and oxygen atoms in total. The average molecular weight is 357 g/mol. The van der Waals surface area contributed by atoms with E-state index in [9.17, 15) is 14.4 Å². The normalized spacial score (nSPS) is 25.2. The van der Waals surface area contributed by atoms with Gasteiger partial charge in [0.15, 0.2) is 5.78 Å². The second-order valence-electron chi connectivity index (χ2n) is 7.55. The quantitative estimate of drug-likeness (QED) is 0.705. The van der Waals surface area contributed by atoms with Gasteiger partial charge in [-0.05, 0) is 56.9 Å². The summed E-state index contributed by atoms with van der Waals surface area (Å²) in [6.45, 7) is 4.24. The van der Waals surface area contributed by atoms with E-state index in [4.69, 9.17) is 0 Å². The smallest absolute Gasteiger partial charge is 0.224 e. The molecular formula is C20H27N3O3. The molecule has 3 N–H and O–H groups in total. The molecule has 2 heterocycles. The molecule has 0 spiro atoms. The number of hydrogen-bond donors (Lipinski definition) is 3. The van der Waals surface area contributed by atoms with Crippen molar-refractivity contribution in [1.82, 2.24) is 10.6 Å². The number of nitrogens with one attached hydrogen (secondary N) is 3. The molecule has 1 saturated heterocycles. The first-order chi connectivity index (χ1) is 12.4. The summed E-state index contributed by atoms with van der Waals surface area (Å²) in [5, 5.41) is 9.32. The summed E-state index contributed by atoms with van der Waals surface area (Å²) >= 11 is 0. The standard InChI is InChI=1S/C20H27N3O3/c1-12-9-16(10-13(2)21-12)22-19(25)8-6-18(24)15-3-5-17-14(11-15)4-7-20(26)23-17/h3,5,11-13,16,21H,4,6-10H2,1-2H3,(H,22,25)(H,23,26). The third kappa shape index (κ3) is 4.69. The SMILES string of the molecule is CC1CC(NC(=O)CCC(=O)c2ccc3c(c2)CCC(=O)N3)CC(C)N1. The minimum atomic E-state index is -0.0603. The number of anilines is 1. The number of Topliss-reactive ketones (excluding diaryl/α,β-unsaturated/α-hetero) is 1. The second-order valence-corrected chi connectivity index (χ2v) is 7.55. The number of amides is 2. The average Bonchev–Trinajstić information content (AvgIpc) is 2.58. The fraction of sp³-hybridized carbons (Fsp3) is 0.550. The predicted molar refractivity (Wildman–Crippen MR) is 100 cm³/mol. The molecule has 0 aromatic heterocycles. The van der Waals surface area contributed by atoms with Crippen molar-refractivity contribution in [2.75, 3.05) is 5.32 Å². The van der Waals surface area contributed by atoms with E-state index < -0.39 is 0 Å². The summed E-state index contributed by atoms with van der Waals surface area (Å²) in [4.78, 5) is 36.0. The highest BCUT2D eigenvalue weighted by molar-refractivity contribution is 6.00. The van der Waals surface area contributed by atoms with E-state index in [1.54, 1.807) is 12.1 Å². The van der Waals surface area contributed by atoms with Gasteiger partial charge in [-0.1, -0.05) is 0 Å². The third-order valence-corrected chi connectivity index (χ3v) is 5.11. The second kappa shape index (κ2) is 7.99. The van der Waals surface area contributed by atoms with Crippen LogP contribution in [-0.2, 0) is 16.0 Å². The van der Waals surface area contributed by atoms with E-state index >= 15 is 0 Å². The summed E-state index contributed by atoms with van der Waals surface area (Å²) in [7, 11) is 0. The lowest BCUT2D eigenvalue weighted by Gasteiger charge is -2.33. The highest BCUT2D eigenvalue weighted by Crippen LogP contribution is 2.24. The molecule has 0 radical (unpaired) electrons. The van der Waals surface area contributed by atoms with Gasteiger partial charge in [0.1, 0.15) is 0 Å². The Hall–Kier alpha value is -2.21. The van der Waals surface area contributed by atoms with E-state index in [0.717, 1.165) is 24.1 Å². The van der Waals surface area contributed by atoms with Crippen LogP contribution in [0, 0.1) is 0 Å². The van der Waals surface area contributed by atoms with Gasteiger partial charge in [-0.2, -0.15) is 0 Å². The van der Waals surface area contributed by atoms with Gasteiger partial charge >= 0.3 is 0 Å². The molecule has 1 aromatic carbocycles. The fourth-order valence-electron chi connectivity index (χ4n) is 3.92. The maximum atomic E-state index is 12.4. The highest BCUT2D eigenvalue weighted by Gasteiger charge is 2.24. The number of piperidine rings is 1. The molecule has 0 saturated carbocycles. The van der Waals surface area contributed by atoms with Crippen LogP contribution in [0.3, 0.4) is 0 Å². The van der Waals surface area contributed by atoms with Gasteiger partial charge in [0.25, 0.3) is 0 Å². The number of aryl methyl sites for hydroxylation is 1. The van der Waals surface area contributed by atoms with E-state index in [0.29, 0.717) is 30.5 Å². The highest BCUT2D eigenvalue weighted by atomic mass is 16.2. The molecule has 2 unspecified atom stereocenters. The zero-order valence-corrected chi connectivity index (χ0v) is 15.4. The van der Waals surface area contributed by atoms with Crippen LogP contribution in [0.4, 0.5) is 5.69 Å². The lowest BCUT2D eigenvalue weighted by Crippen LogP contribution is -2.50. The molecule has 26 heavy (non-hydrogen) atoms. The third-order valence-electron chi connectivity index (χ3n) is 5.11. The van der Waals surface area contributed by atoms with Gasteiger partial charge in [-0.15, -0.1) is 0 Å². The first-order valence-corrected chi connectivity index (χ1v) is 9.42. The van der Waals surface area contributed by atoms with E-state index in [1.807, 2.05) is 6.07 Å². The first-order valence-electron chi connectivity index (χ1n) is 9.42. The Bertz CT molecular complexity index is 706. The number of carbonyl (C=O) groups is 3. The molecule has 1 fully saturated rings. The topological polar surface area (TPSA) is 87.3 Å². The lowest BCUT2D eigenvalue weighted by atomic mass is 9.95. The van der Waals surface area contributed by atoms with Crippen molar-refractivity contribution in [3.8, 4) is 0 Å². The zero-order valence-electron chi connectivity index (χ0n) is 15.4. The van der Waals surface area contributed by atoms with Gasteiger partial charge in [0.05, 0.1) is 0 Å². The molecular weight excluding hydrogens is 330 g/mol. The Balaban J connectivity index is 1.51. The van der Waals surface area contributed by atoms with Crippen LogP contribution in [0.5, 0.6) is 0 Å². The minimum Gasteiger partial charge on any atom is -0.353 e. The summed E-state index contributed by atoms with van der Waals surface area (Å²) in [5.74, 6) is -0.0865. The predicted octanol–water partition coefficient (Wildman–Crippen LogP) is 2.18. The van der Waals surface area contributed by atoms with Crippen LogP contribution in [-0.4, -0.2) is 35.7 Å². The number of benzene rings is 1. The lowest BCUT2D eigenvalue weighted by molar-refractivity contribution is -0.122. The first kappa shape index (κ1) is 18.6. The minimum absolute atomic E-state index is 0.00907. The van der Waals surface area contributed by atoms with Gasteiger partial charge in [-0.25, -0.2) is 0 Å². The Morgan fingerprint density at radius 1 is 1.12 bits per heavy atom. The van der Waals surface area contributed by atoms with Crippen molar-refractivity contribution in [3.05, 3.63) is 29.3 Å². The van der Waals surface area contributed by atoms with Crippen molar-refractivity contribution < 1.29 is 14.4 Å². The number of carbonyl (C=O) groups excluding carboxylic acids is 3. The molecule has 3 rings (SSSR count). The van der Waals surface area contributed by atoms with Crippen LogP contribution in [0.2, 0.25) is 0 Å². The van der Waals surface area contributed by atoms with Crippen molar-refractivity contribution in [3.63, 3.8) is 0 Å². The van der Waals surface area contributed by atoms with Gasteiger partial charge in [0.2, 0.25) is 11.8 Å². The van der Waals surface area contributed by atoms with Crippen molar-refractivity contribution in [2.45, 2.75) is 70.5 Å². The van der Waals surface area contributed by atoms with Crippen molar-refractivity contribution >= 4 is 23.3 Å².